The van der Waals surface area contributed by atoms with E-state index >= 15 is 0 Å². The molecule has 0 atom stereocenters. The molecule has 1 heterocycles. The van der Waals surface area contributed by atoms with E-state index in [-0.39, 0.29) is 17.3 Å². The molecule has 8 heteroatoms. The van der Waals surface area contributed by atoms with Crippen molar-refractivity contribution in [1.82, 2.24) is 9.97 Å². The molecule has 8 nitrogen and oxygen atoms in total. The lowest BCUT2D eigenvalue weighted by Gasteiger charge is -2.22. The topological polar surface area (TPSA) is 93.4 Å². The molecule has 0 saturated heterocycles. The van der Waals surface area contributed by atoms with E-state index in [9.17, 15) is 10.1 Å². The molecule has 0 fully saturated rings. The summed E-state index contributed by atoms with van der Waals surface area (Å²) in [6.07, 6.45) is 1.32. The number of methoxy groups -OCH3 is 1. The van der Waals surface area contributed by atoms with E-state index < -0.39 is 4.92 Å². The number of nitro groups is 1. The Morgan fingerprint density at radius 3 is 2.59 bits per heavy atom. The number of nitrogens with one attached hydrogen (secondary N) is 1. The summed E-state index contributed by atoms with van der Waals surface area (Å²) in [5.74, 6) is 0.984. The highest BCUT2D eigenvalue weighted by Gasteiger charge is 2.27. The van der Waals surface area contributed by atoms with Crippen molar-refractivity contribution in [1.29, 1.82) is 0 Å². The summed E-state index contributed by atoms with van der Waals surface area (Å²) in [5.41, 5.74) is 1.25. The summed E-state index contributed by atoms with van der Waals surface area (Å²) in [6, 6.07) is 16.5. The molecule has 0 bridgehead atoms. The van der Waals surface area contributed by atoms with Crippen LogP contribution >= 0.6 is 0 Å². The van der Waals surface area contributed by atoms with Gasteiger partial charge in [-0.15, -0.1) is 0 Å². The molecule has 0 aliphatic heterocycles. The van der Waals surface area contributed by atoms with Gasteiger partial charge in [0.2, 0.25) is 11.6 Å². The number of hydrogen-bond acceptors (Lipinski definition) is 7. The molecule has 0 spiro atoms. The molecule has 0 radical (unpaired) electrons. The average molecular weight is 365 g/mol. The fourth-order valence-electron chi connectivity index (χ4n) is 2.73. The second-order valence-corrected chi connectivity index (χ2v) is 5.59. The average Bonchev–Trinajstić information content (AvgIpc) is 2.69. The Hall–Kier alpha value is -3.68. The number of anilines is 4. The number of nitrogens with zero attached hydrogens (tertiary/aromatic N) is 4. The first kappa shape index (κ1) is 18.1. The van der Waals surface area contributed by atoms with Gasteiger partial charge in [-0.1, -0.05) is 24.3 Å². The van der Waals surface area contributed by atoms with Crippen LogP contribution in [0.25, 0.3) is 0 Å². The third-order valence-corrected chi connectivity index (χ3v) is 3.96. The molecule has 1 aromatic heterocycles. The van der Waals surface area contributed by atoms with E-state index in [2.05, 4.69) is 15.3 Å². The summed E-state index contributed by atoms with van der Waals surface area (Å²) in [6.45, 7) is 2.43. The minimum atomic E-state index is -0.469. The molecule has 138 valence electrons. The van der Waals surface area contributed by atoms with E-state index in [4.69, 9.17) is 4.74 Å². The fourth-order valence-corrected chi connectivity index (χ4v) is 2.73. The van der Waals surface area contributed by atoms with Crippen LogP contribution in [0.2, 0.25) is 0 Å². The van der Waals surface area contributed by atoms with Crippen LogP contribution in [-0.4, -0.2) is 28.5 Å². The minimum Gasteiger partial charge on any atom is -0.497 e. The maximum atomic E-state index is 11.8. The number of hydrogen-bond donors (Lipinski definition) is 1. The molecule has 2 aromatic carbocycles. The Bertz CT molecular complexity index is 934. The molecule has 0 unspecified atom stereocenters. The van der Waals surface area contributed by atoms with Crippen molar-refractivity contribution in [3.05, 3.63) is 71.0 Å². The third-order valence-electron chi connectivity index (χ3n) is 3.96. The smallest absolute Gasteiger partial charge is 0.354 e. The zero-order chi connectivity index (χ0) is 19.2. The molecule has 3 aromatic rings. The van der Waals surface area contributed by atoms with Crippen molar-refractivity contribution in [3.63, 3.8) is 0 Å². The monoisotopic (exact) mass is 365 g/mol. The zero-order valence-electron chi connectivity index (χ0n) is 15.0. The van der Waals surface area contributed by atoms with Crippen LogP contribution in [0, 0.1) is 10.1 Å². The molecule has 0 aliphatic carbocycles. The lowest BCUT2D eigenvalue weighted by Crippen LogP contribution is -2.19. The van der Waals surface area contributed by atoms with Gasteiger partial charge in [0, 0.05) is 24.0 Å². The van der Waals surface area contributed by atoms with Gasteiger partial charge in [-0.2, -0.15) is 0 Å². The summed E-state index contributed by atoms with van der Waals surface area (Å²) in [5, 5.41) is 14.8. The van der Waals surface area contributed by atoms with Crippen LogP contribution in [0.1, 0.15) is 6.92 Å². The van der Waals surface area contributed by atoms with Crippen molar-refractivity contribution < 1.29 is 9.66 Å². The highest BCUT2D eigenvalue weighted by atomic mass is 16.6. The van der Waals surface area contributed by atoms with Gasteiger partial charge in [0.15, 0.2) is 0 Å². The summed E-state index contributed by atoms with van der Waals surface area (Å²) >= 11 is 0. The fraction of sp³-hybridized carbons (Fsp3) is 0.158. The lowest BCUT2D eigenvalue weighted by atomic mass is 10.2. The minimum absolute atomic E-state index is 0.118. The Labute approximate surface area is 156 Å². The third kappa shape index (κ3) is 3.95. The van der Waals surface area contributed by atoms with Crippen molar-refractivity contribution in [2.75, 3.05) is 23.9 Å². The molecule has 0 aliphatic rings. The lowest BCUT2D eigenvalue weighted by molar-refractivity contribution is -0.383. The second kappa shape index (κ2) is 8.13. The van der Waals surface area contributed by atoms with Crippen LogP contribution < -0.4 is 15.0 Å². The largest absolute Gasteiger partial charge is 0.497 e. The van der Waals surface area contributed by atoms with Gasteiger partial charge >= 0.3 is 5.69 Å². The number of aromatic nitrogens is 2. The van der Waals surface area contributed by atoms with Gasteiger partial charge in [-0.3, -0.25) is 10.1 Å². The van der Waals surface area contributed by atoms with E-state index in [1.165, 1.54) is 6.33 Å². The van der Waals surface area contributed by atoms with Gasteiger partial charge in [-0.05, 0) is 31.2 Å². The van der Waals surface area contributed by atoms with Gasteiger partial charge < -0.3 is 15.0 Å². The molecule has 0 saturated carbocycles. The quantitative estimate of drug-likeness (QED) is 0.493. The highest BCUT2D eigenvalue weighted by molar-refractivity contribution is 5.78. The first-order valence-electron chi connectivity index (χ1n) is 8.37. The maximum absolute atomic E-state index is 11.8. The van der Waals surface area contributed by atoms with E-state index in [1.807, 2.05) is 37.3 Å². The Morgan fingerprint density at radius 2 is 1.93 bits per heavy atom. The predicted molar refractivity (Wildman–Crippen MR) is 104 cm³/mol. The molecule has 1 N–H and O–H groups in total. The first-order chi connectivity index (χ1) is 13.1. The molecular weight excluding hydrogens is 346 g/mol. The van der Waals surface area contributed by atoms with E-state index in [1.54, 1.807) is 36.3 Å². The normalized spacial score (nSPS) is 10.3. The van der Waals surface area contributed by atoms with Crippen molar-refractivity contribution in [2.24, 2.45) is 0 Å². The first-order valence-corrected chi connectivity index (χ1v) is 8.37. The summed E-state index contributed by atoms with van der Waals surface area (Å²) in [7, 11) is 1.56. The molecular formula is C19H19N5O3. The highest BCUT2D eigenvalue weighted by Crippen LogP contribution is 2.37. The number of benzene rings is 2. The van der Waals surface area contributed by atoms with Crippen LogP contribution in [0.3, 0.4) is 0 Å². The number of ether oxygens (including phenoxy) is 1. The summed E-state index contributed by atoms with van der Waals surface area (Å²) in [4.78, 5) is 21.4. The van der Waals surface area contributed by atoms with E-state index in [0.717, 1.165) is 5.69 Å². The molecule has 27 heavy (non-hydrogen) atoms. The zero-order valence-corrected chi connectivity index (χ0v) is 15.0. The van der Waals surface area contributed by atoms with Gasteiger partial charge in [-0.25, -0.2) is 9.97 Å². The molecule has 0 amide bonds. The van der Waals surface area contributed by atoms with Crippen molar-refractivity contribution in [3.8, 4) is 5.75 Å². The SMILES string of the molecule is CCN(c1ccccc1)c1ncnc(Nc2cccc(OC)c2)c1[N+](=O)[O-]. The van der Waals surface area contributed by atoms with Crippen molar-refractivity contribution >= 4 is 28.7 Å². The van der Waals surface area contributed by atoms with Crippen LogP contribution in [0.15, 0.2) is 60.9 Å². The summed E-state index contributed by atoms with van der Waals surface area (Å²) < 4.78 is 5.19. The maximum Gasteiger partial charge on any atom is 0.354 e. The Kier molecular flexibility index (Phi) is 5.46. The van der Waals surface area contributed by atoms with Crippen molar-refractivity contribution in [2.45, 2.75) is 6.92 Å². The van der Waals surface area contributed by atoms with Gasteiger partial charge in [0.1, 0.15) is 12.1 Å². The Morgan fingerprint density at radius 1 is 1.15 bits per heavy atom. The van der Waals surface area contributed by atoms with E-state index in [0.29, 0.717) is 18.0 Å². The molecule has 3 rings (SSSR count). The van der Waals surface area contributed by atoms with Gasteiger partial charge in [0.25, 0.3) is 0 Å². The Balaban J connectivity index is 2.06. The van der Waals surface area contributed by atoms with Crippen LogP contribution in [0.5, 0.6) is 5.75 Å². The van der Waals surface area contributed by atoms with Crippen LogP contribution in [0.4, 0.5) is 28.7 Å². The second-order valence-electron chi connectivity index (χ2n) is 5.59. The predicted octanol–water partition coefficient (Wildman–Crippen LogP) is 4.30. The van der Waals surface area contributed by atoms with Crippen LogP contribution in [-0.2, 0) is 0 Å². The number of rotatable bonds is 7. The number of para-hydroxylation sites is 1. The standard InChI is InChI=1S/C19H19N5O3/c1-3-23(15-9-5-4-6-10-15)19-17(24(25)26)18(20-13-21-19)22-14-8-7-11-16(12-14)27-2/h4-13H,3H2,1-2H3,(H,20,21,22). The van der Waals surface area contributed by atoms with Gasteiger partial charge in [0.05, 0.1) is 12.0 Å².